The highest BCUT2D eigenvalue weighted by Gasteiger charge is 2.13. The van der Waals surface area contributed by atoms with Crippen LogP contribution in [0.4, 0.5) is 4.39 Å². The van der Waals surface area contributed by atoms with Crippen LogP contribution in [0.3, 0.4) is 0 Å². The minimum absolute atomic E-state index is 0.237. The molecule has 148 valence electrons. The Morgan fingerprint density at radius 2 is 1.93 bits per heavy atom. The van der Waals surface area contributed by atoms with E-state index in [-0.39, 0.29) is 5.75 Å². The molecule has 2 aromatic heterocycles. The van der Waals surface area contributed by atoms with Crippen LogP contribution in [-0.2, 0) is 13.0 Å². The average Bonchev–Trinajstić information content (AvgIpc) is 3.26. The third-order valence-corrected chi connectivity index (χ3v) is 5.67. The van der Waals surface area contributed by atoms with Crippen molar-refractivity contribution in [2.45, 2.75) is 19.9 Å². The van der Waals surface area contributed by atoms with Crippen LogP contribution < -0.4 is 10.1 Å². The van der Waals surface area contributed by atoms with Crippen molar-refractivity contribution < 1.29 is 9.13 Å². The van der Waals surface area contributed by atoms with Crippen molar-refractivity contribution in [2.24, 2.45) is 0 Å². The molecule has 0 fully saturated rings. The molecular weight excluding hydrogens is 383 g/mol. The Kier molecular flexibility index (Phi) is 5.88. The van der Waals surface area contributed by atoms with Crippen molar-refractivity contribution in [3.8, 4) is 17.0 Å². The standard InChI is InChI=1S/C24H23FN2OS/c1-16-3-5-17(6-4-16)7-9-26-14-20-11-19-12-23(28-2)21(25)13-22(19)27-24(20)18-8-10-29-15-18/h3-6,8,10-13,15,26H,7,9,14H2,1-2H3. The van der Waals surface area contributed by atoms with Gasteiger partial charge < -0.3 is 10.1 Å². The van der Waals surface area contributed by atoms with E-state index >= 15 is 0 Å². The summed E-state index contributed by atoms with van der Waals surface area (Å²) in [4.78, 5) is 4.77. The molecule has 1 N–H and O–H groups in total. The molecule has 0 atom stereocenters. The largest absolute Gasteiger partial charge is 0.494 e. The molecule has 0 bridgehead atoms. The van der Waals surface area contributed by atoms with Crippen LogP contribution in [0.1, 0.15) is 16.7 Å². The molecule has 4 aromatic rings. The number of rotatable bonds is 7. The molecule has 0 saturated heterocycles. The van der Waals surface area contributed by atoms with Crippen molar-refractivity contribution in [3.63, 3.8) is 0 Å². The normalized spacial score (nSPS) is 11.1. The predicted octanol–water partition coefficient (Wildman–Crippen LogP) is 5.75. The molecule has 2 aromatic carbocycles. The fraction of sp³-hybridized carbons (Fsp3) is 0.208. The monoisotopic (exact) mass is 406 g/mol. The molecule has 5 heteroatoms. The van der Waals surface area contributed by atoms with Gasteiger partial charge in [-0.3, -0.25) is 0 Å². The number of nitrogens with zero attached hydrogens (tertiary/aromatic N) is 1. The van der Waals surface area contributed by atoms with Crippen LogP contribution in [0, 0.1) is 12.7 Å². The number of hydrogen-bond donors (Lipinski definition) is 1. The van der Waals surface area contributed by atoms with Crippen molar-refractivity contribution >= 4 is 22.2 Å². The van der Waals surface area contributed by atoms with Gasteiger partial charge in [-0.2, -0.15) is 11.3 Å². The number of hydrogen-bond acceptors (Lipinski definition) is 4. The second kappa shape index (κ2) is 8.72. The molecular formula is C24H23FN2OS. The molecule has 0 radical (unpaired) electrons. The molecule has 29 heavy (non-hydrogen) atoms. The maximum atomic E-state index is 14.2. The van der Waals surface area contributed by atoms with Gasteiger partial charge >= 0.3 is 0 Å². The van der Waals surface area contributed by atoms with Crippen LogP contribution in [0.15, 0.2) is 59.3 Å². The van der Waals surface area contributed by atoms with Gasteiger partial charge in [-0.15, -0.1) is 0 Å². The first kappa shape index (κ1) is 19.6. The van der Waals surface area contributed by atoms with Gasteiger partial charge in [0, 0.05) is 28.9 Å². The summed E-state index contributed by atoms with van der Waals surface area (Å²) in [5.41, 5.74) is 6.27. The Bertz CT molecular complexity index is 1110. The molecule has 0 saturated carbocycles. The second-order valence-electron chi connectivity index (χ2n) is 7.10. The number of aryl methyl sites for hydroxylation is 1. The first-order chi connectivity index (χ1) is 14.1. The van der Waals surface area contributed by atoms with Crippen LogP contribution >= 0.6 is 11.3 Å². The molecule has 0 spiro atoms. The number of nitrogens with one attached hydrogen (secondary N) is 1. The second-order valence-corrected chi connectivity index (χ2v) is 7.88. The van der Waals surface area contributed by atoms with E-state index in [9.17, 15) is 4.39 Å². The lowest BCUT2D eigenvalue weighted by Gasteiger charge is -2.12. The zero-order valence-corrected chi connectivity index (χ0v) is 17.4. The van der Waals surface area contributed by atoms with E-state index in [0.29, 0.717) is 12.1 Å². The van der Waals surface area contributed by atoms with E-state index in [2.05, 4.69) is 54.0 Å². The van der Waals surface area contributed by atoms with Gasteiger partial charge in [0.2, 0.25) is 0 Å². The summed E-state index contributed by atoms with van der Waals surface area (Å²) in [6.07, 6.45) is 0.966. The van der Waals surface area contributed by atoms with Gasteiger partial charge in [-0.05, 0) is 54.6 Å². The number of thiophene rings is 1. The summed E-state index contributed by atoms with van der Waals surface area (Å²) in [5.74, 6) is -0.159. The molecule has 0 aliphatic carbocycles. The van der Waals surface area contributed by atoms with Gasteiger partial charge in [0.15, 0.2) is 11.6 Å². The maximum absolute atomic E-state index is 14.2. The minimum atomic E-state index is -0.396. The van der Waals surface area contributed by atoms with Gasteiger partial charge in [-0.25, -0.2) is 9.37 Å². The molecule has 0 aliphatic heterocycles. The molecule has 4 rings (SSSR count). The molecule has 0 aliphatic rings. The Labute approximate surface area is 174 Å². The van der Waals surface area contributed by atoms with Crippen molar-refractivity contribution in [2.75, 3.05) is 13.7 Å². The number of methoxy groups -OCH3 is 1. The fourth-order valence-corrected chi connectivity index (χ4v) is 4.01. The lowest BCUT2D eigenvalue weighted by Crippen LogP contribution is -2.17. The predicted molar refractivity (Wildman–Crippen MR) is 118 cm³/mol. The van der Waals surface area contributed by atoms with E-state index in [4.69, 9.17) is 9.72 Å². The van der Waals surface area contributed by atoms with Gasteiger partial charge in [0.25, 0.3) is 0 Å². The highest BCUT2D eigenvalue weighted by atomic mass is 32.1. The van der Waals surface area contributed by atoms with Gasteiger partial charge in [-0.1, -0.05) is 29.8 Å². The first-order valence-corrected chi connectivity index (χ1v) is 10.5. The Morgan fingerprint density at radius 3 is 2.66 bits per heavy atom. The van der Waals surface area contributed by atoms with E-state index in [1.807, 2.05) is 5.38 Å². The summed E-state index contributed by atoms with van der Waals surface area (Å²) >= 11 is 1.63. The number of benzene rings is 2. The van der Waals surface area contributed by atoms with Crippen LogP contribution in [0.2, 0.25) is 0 Å². The summed E-state index contributed by atoms with van der Waals surface area (Å²) in [6.45, 7) is 3.66. The highest BCUT2D eigenvalue weighted by Crippen LogP contribution is 2.30. The van der Waals surface area contributed by atoms with Crippen LogP contribution in [0.5, 0.6) is 5.75 Å². The Morgan fingerprint density at radius 1 is 1.10 bits per heavy atom. The number of ether oxygens (including phenoxy) is 1. The smallest absolute Gasteiger partial charge is 0.167 e. The first-order valence-electron chi connectivity index (χ1n) is 9.60. The number of halogens is 1. The average molecular weight is 407 g/mol. The molecule has 3 nitrogen and oxygen atoms in total. The zero-order valence-electron chi connectivity index (χ0n) is 16.5. The third kappa shape index (κ3) is 4.47. The van der Waals surface area contributed by atoms with E-state index in [0.717, 1.165) is 35.2 Å². The van der Waals surface area contributed by atoms with Crippen LogP contribution in [-0.4, -0.2) is 18.6 Å². The number of aromatic nitrogens is 1. The number of fused-ring (bicyclic) bond motifs is 1. The summed E-state index contributed by atoms with van der Waals surface area (Å²) < 4.78 is 19.3. The van der Waals surface area contributed by atoms with E-state index < -0.39 is 5.82 Å². The highest BCUT2D eigenvalue weighted by molar-refractivity contribution is 7.08. The van der Waals surface area contributed by atoms with Crippen molar-refractivity contribution in [1.29, 1.82) is 0 Å². The SMILES string of the molecule is COc1cc2cc(CNCCc3ccc(C)cc3)c(-c3ccsc3)nc2cc1F. The summed E-state index contributed by atoms with van der Waals surface area (Å²) in [5, 5.41) is 8.51. The zero-order chi connectivity index (χ0) is 20.2. The van der Waals surface area contributed by atoms with Crippen LogP contribution in [0.25, 0.3) is 22.2 Å². The molecule has 0 amide bonds. The summed E-state index contributed by atoms with van der Waals surface area (Å²) in [7, 11) is 1.48. The third-order valence-electron chi connectivity index (χ3n) is 4.99. The van der Waals surface area contributed by atoms with E-state index in [1.165, 1.54) is 24.3 Å². The number of pyridine rings is 1. The van der Waals surface area contributed by atoms with Gasteiger partial charge in [0.05, 0.1) is 18.3 Å². The Hall–Kier alpha value is -2.76. The van der Waals surface area contributed by atoms with Crippen molar-refractivity contribution in [3.05, 3.63) is 81.8 Å². The summed E-state index contributed by atoms with van der Waals surface area (Å²) in [6, 6.07) is 15.9. The topological polar surface area (TPSA) is 34.1 Å². The molecule has 2 heterocycles. The lowest BCUT2D eigenvalue weighted by atomic mass is 10.0. The maximum Gasteiger partial charge on any atom is 0.167 e. The quantitative estimate of drug-likeness (QED) is 0.397. The Balaban J connectivity index is 1.58. The van der Waals surface area contributed by atoms with Crippen molar-refractivity contribution in [1.82, 2.24) is 10.3 Å². The minimum Gasteiger partial charge on any atom is -0.494 e. The van der Waals surface area contributed by atoms with E-state index in [1.54, 1.807) is 17.4 Å². The molecule has 0 unspecified atom stereocenters. The fourth-order valence-electron chi connectivity index (χ4n) is 3.37. The van der Waals surface area contributed by atoms with Gasteiger partial charge in [0.1, 0.15) is 0 Å². The lowest BCUT2D eigenvalue weighted by molar-refractivity contribution is 0.387.